The van der Waals surface area contributed by atoms with Gasteiger partial charge in [0.05, 0.1) is 10.2 Å². The molecule has 3 nitrogen and oxygen atoms in total. The van der Waals surface area contributed by atoms with E-state index in [-0.39, 0.29) is 5.41 Å². The molecule has 0 unspecified atom stereocenters. The third-order valence-corrected chi connectivity index (χ3v) is 4.57. The number of nitrogens with two attached hydrogens (primary N) is 1. The van der Waals surface area contributed by atoms with Gasteiger partial charge in [0.1, 0.15) is 12.1 Å². The fourth-order valence-corrected chi connectivity index (χ4v) is 3.17. The molecule has 0 aliphatic heterocycles. The molecule has 0 spiro atoms. The maximum atomic E-state index is 5.89. The Labute approximate surface area is 122 Å². The van der Waals surface area contributed by atoms with E-state index >= 15 is 0 Å². The summed E-state index contributed by atoms with van der Waals surface area (Å²) in [5, 5.41) is 0. The van der Waals surface area contributed by atoms with Crippen molar-refractivity contribution in [2.24, 2.45) is 0 Å². The Morgan fingerprint density at radius 1 is 1.05 bits per heavy atom. The van der Waals surface area contributed by atoms with E-state index in [0.29, 0.717) is 5.82 Å². The van der Waals surface area contributed by atoms with E-state index in [0.717, 1.165) is 10.2 Å². The average molecular weight is 283 g/mol. The molecule has 2 aromatic heterocycles. The zero-order chi connectivity index (χ0) is 14.3. The van der Waals surface area contributed by atoms with Crippen LogP contribution >= 0.6 is 11.3 Å². The lowest BCUT2D eigenvalue weighted by Gasteiger charge is -2.18. The first-order valence-electron chi connectivity index (χ1n) is 6.56. The van der Waals surface area contributed by atoms with Crippen molar-refractivity contribution in [3.63, 3.8) is 0 Å². The van der Waals surface area contributed by atoms with Gasteiger partial charge in [0.15, 0.2) is 0 Å². The molecular weight excluding hydrogens is 266 g/mol. The first-order valence-corrected chi connectivity index (χ1v) is 7.38. The van der Waals surface area contributed by atoms with E-state index in [9.17, 15) is 0 Å². The number of hydrogen-bond donors (Lipinski definition) is 1. The fourth-order valence-electron chi connectivity index (χ4n) is 2.15. The Bertz CT molecular complexity index is 751. The minimum atomic E-state index is 0.175. The van der Waals surface area contributed by atoms with Crippen molar-refractivity contribution in [1.82, 2.24) is 9.97 Å². The van der Waals surface area contributed by atoms with Crippen molar-refractivity contribution in [3.05, 3.63) is 42.2 Å². The van der Waals surface area contributed by atoms with Gasteiger partial charge in [-0.2, -0.15) is 0 Å². The van der Waals surface area contributed by atoms with E-state index in [1.54, 1.807) is 11.3 Å². The van der Waals surface area contributed by atoms with Crippen LogP contribution < -0.4 is 5.73 Å². The number of benzene rings is 1. The highest BCUT2D eigenvalue weighted by atomic mass is 32.1. The first-order chi connectivity index (χ1) is 9.45. The fraction of sp³-hybridized carbons (Fsp3) is 0.250. The lowest BCUT2D eigenvalue weighted by molar-refractivity contribution is 0.590. The summed E-state index contributed by atoms with van der Waals surface area (Å²) in [5.74, 6) is 0.553. The number of aromatic nitrogens is 2. The second kappa shape index (κ2) is 4.56. The van der Waals surface area contributed by atoms with Gasteiger partial charge in [-0.25, -0.2) is 9.97 Å². The molecule has 3 rings (SSSR count). The van der Waals surface area contributed by atoms with Crippen LogP contribution in [0.15, 0.2) is 36.7 Å². The van der Waals surface area contributed by atoms with Crippen molar-refractivity contribution in [2.45, 2.75) is 26.2 Å². The smallest absolute Gasteiger partial charge is 0.144 e. The predicted molar refractivity (Wildman–Crippen MR) is 86.0 cm³/mol. The van der Waals surface area contributed by atoms with Crippen LogP contribution in [0.2, 0.25) is 0 Å². The lowest BCUT2D eigenvalue weighted by Crippen LogP contribution is -2.10. The Kier molecular flexibility index (Phi) is 2.98. The summed E-state index contributed by atoms with van der Waals surface area (Å²) in [7, 11) is 0. The molecule has 0 radical (unpaired) electrons. The van der Waals surface area contributed by atoms with Crippen molar-refractivity contribution < 1.29 is 0 Å². The minimum Gasteiger partial charge on any atom is -0.382 e. The molecule has 0 aliphatic rings. The molecule has 4 heteroatoms. The largest absolute Gasteiger partial charge is 0.382 e. The summed E-state index contributed by atoms with van der Waals surface area (Å²) >= 11 is 1.64. The molecular formula is C16H17N3S. The Hall–Kier alpha value is -1.94. The number of fused-ring (bicyclic) bond motifs is 1. The first kappa shape index (κ1) is 13.1. The molecule has 0 aliphatic carbocycles. The second-order valence-electron chi connectivity index (χ2n) is 5.91. The quantitative estimate of drug-likeness (QED) is 0.726. The summed E-state index contributed by atoms with van der Waals surface area (Å²) < 4.78 is 0.961. The maximum absolute atomic E-state index is 5.89. The molecule has 2 heterocycles. The Morgan fingerprint density at radius 3 is 2.35 bits per heavy atom. The molecule has 1 aromatic carbocycles. The molecule has 20 heavy (non-hydrogen) atoms. The van der Waals surface area contributed by atoms with E-state index in [1.807, 2.05) is 0 Å². The number of hydrogen-bond acceptors (Lipinski definition) is 4. The summed E-state index contributed by atoms with van der Waals surface area (Å²) in [5.41, 5.74) is 9.51. The van der Waals surface area contributed by atoms with Gasteiger partial charge in [-0.15, -0.1) is 11.3 Å². The number of anilines is 1. The lowest BCUT2D eigenvalue weighted by atomic mass is 9.86. The standard InChI is InChI=1S/C16H17N3S/c1-16(2,3)11-6-4-10(5-7-11)13-8-12-14(20-13)15(17)19-9-18-12/h4-9H,1-3H3,(H2,17,18,19). The zero-order valence-electron chi connectivity index (χ0n) is 11.8. The van der Waals surface area contributed by atoms with E-state index < -0.39 is 0 Å². The van der Waals surface area contributed by atoms with Crippen LogP contribution in [0.5, 0.6) is 0 Å². The molecule has 102 valence electrons. The second-order valence-corrected chi connectivity index (χ2v) is 6.96. The molecule has 0 atom stereocenters. The van der Waals surface area contributed by atoms with Crippen LogP contribution in [-0.4, -0.2) is 9.97 Å². The van der Waals surface area contributed by atoms with E-state index in [1.165, 1.54) is 22.3 Å². The Morgan fingerprint density at radius 2 is 1.75 bits per heavy atom. The average Bonchev–Trinajstić information content (AvgIpc) is 2.83. The van der Waals surface area contributed by atoms with Crippen LogP contribution in [0.25, 0.3) is 20.7 Å². The van der Waals surface area contributed by atoms with Gasteiger partial charge in [-0.05, 0) is 22.6 Å². The highest BCUT2D eigenvalue weighted by molar-refractivity contribution is 7.22. The van der Waals surface area contributed by atoms with Crippen molar-refractivity contribution in [3.8, 4) is 10.4 Å². The zero-order valence-corrected chi connectivity index (χ0v) is 12.7. The number of nitrogen functional groups attached to an aromatic ring is 1. The maximum Gasteiger partial charge on any atom is 0.144 e. The van der Waals surface area contributed by atoms with Crippen molar-refractivity contribution in [1.29, 1.82) is 0 Å². The van der Waals surface area contributed by atoms with Crippen LogP contribution in [0.3, 0.4) is 0 Å². The van der Waals surface area contributed by atoms with Gasteiger partial charge >= 0.3 is 0 Å². The molecule has 0 fully saturated rings. The summed E-state index contributed by atoms with van der Waals surface area (Å²) in [4.78, 5) is 9.48. The number of thiophene rings is 1. The monoisotopic (exact) mass is 283 g/mol. The van der Waals surface area contributed by atoms with Crippen LogP contribution in [0.4, 0.5) is 5.82 Å². The van der Waals surface area contributed by atoms with Crippen molar-refractivity contribution >= 4 is 27.4 Å². The molecule has 0 saturated heterocycles. The SMILES string of the molecule is CC(C)(C)c1ccc(-c2cc3ncnc(N)c3s2)cc1. The number of rotatable bonds is 1. The normalized spacial score (nSPS) is 11.9. The molecule has 0 amide bonds. The van der Waals surface area contributed by atoms with Gasteiger partial charge in [-0.3, -0.25) is 0 Å². The molecule has 0 bridgehead atoms. The highest BCUT2D eigenvalue weighted by Gasteiger charge is 2.14. The molecule has 2 N–H and O–H groups in total. The predicted octanol–water partition coefficient (Wildman–Crippen LogP) is 4.24. The summed E-state index contributed by atoms with van der Waals surface area (Å²) in [6.07, 6.45) is 1.51. The Balaban J connectivity index is 2.05. The van der Waals surface area contributed by atoms with Gasteiger partial charge in [0.25, 0.3) is 0 Å². The summed E-state index contributed by atoms with van der Waals surface area (Å²) in [6.45, 7) is 6.66. The van der Waals surface area contributed by atoms with E-state index in [4.69, 9.17) is 5.73 Å². The third kappa shape index (κ3) is 2.27. The van der Waals surface area contributed by atoms with Gasteiger partial charge in [-0.1, -0.05) is 45.0 Å². The minimum absolute atomic E-state index is 0.175. The van der Waals surface area contributed by atoms with Crippen molar-refractivity contribution in [2.75, 3.05) is 5.73 Å². The number of nitrogens with zero attached hydrogens (tertiary/aromatic N) is 2. The van der Waals surface area contributed by atoms with Gasteiger partial charge in [0.2, 0.25) is 0 Å². The van der Waals surface area contributed by atoms with Gasteiger partial charge in [0, 0.05) is 4.88 Å². The third-order valence-electron chi connectivity index (χ3n) is 3.37. The van der Waals surface area contributed by atoms with Crippen LogP contribution in [0, 0.1) is 0 Å². The highest BCUT2D eigenvalue weighted by Crippen LogP contribution is 2.35. The van der Waals surface area contributed by atoms with Crippen LogP contribution in [-0.2, 0) is 5.41 Å². The summed E-state index contributed by atoms with van der Waals surface area (Å²) in [6, 6.07) is 10.8. The van der Waals surface area contributed by atoms with E-state index in [2.05, 4.69) is 61.1 Å². The van der Waals surface area contributed by atoms with Crippen LogP contribution in [0.1, 0.15) is 26.3 Å². The molecule has 3 aromatic rings. The topological polar surface area (TPSA) is 51.8 Å². The molecule has 0 saturated carbocycles. The van der Waals surface area contributed by atoms with Gasteiger partial charge < -0.3 is 5.73 Å².